The molecule has 1 aromatic carbocycles. The molecule has 17 heavy (non-hydrogen) atoms. The van der Waals surface area contributed by atoms with Gasteiger partial charge in [-0.1, -0.05) is 18.2 Å². The van der Waals surface area contributed by atoms with Gasteiger partial charge in [-0.25, -0.2) is 0 Å². The van der Waals surface area contributed by atoms with Crippen molar-refractivity contribution >= 4 is 29.3 Å². The van der Waals surface area contributed by atoms with Crippen molar-refractivity contribution < 1.29 is 9.53 Å². The lowest BCUT2D eigenvalue weighted by Gasteiger charge is -2.09. The van der Waals surface area contributed by atoms with Crippen LogP contribution in [-0.4, -0.2) is 37.3 Å². The van der Waals surface area contributed by atoms with E-state index in [0.717, 1.165) is 4.90 Å². The van der Waals surface area contributed by atoms with Gasteiger partial charge in [0.25, 0.3) is 0 Å². The molecule has 1 rings (SSSR count). The summed E-state index contributed by atoms with van der Waals surface area (Å²) in [6, 6.07) is 9.81. The second-order valence-electron chi connectivity index (χ2n) is 3.46. The van der Waals surface area contributed by atoms with Gasteiger partial charge in [0.05, 0.1) is 17.7 Å². The predicted octanol–water partition coefficient (Wildman–Crippen LogP) is 2.15. The average Bonchev–Trinajstić information content (AvgIpc) is 2.35. The summed E-state index contributed by atoms with van der Waals surface area (Å²) in [5, 5.41) is 2.59. The molecule has 5 heteroatoms. The van der Waals surface area contributed by atoms with Crippen LogP contribution in [-0.2, 0) is 9.53 Å². The van der Waals surface area contributed by atoms with Crippen molar-refractivity contribution in [2.75, 3.05) is 26.0 Å². The van der Waals surface area contributed by atoms with Crippen LogP contribution in [0.3, 0.4) is 0 Å². The fraction of sp³-hybridized carbons (Fsp3) is 0.417. The van der Waals surface area contributed by atoms with E-state index in [0.29, 0.717) is 18.9 Å². The molecule has 1 amide bonds. The summed E-state index contributed by atoms with van der Waals surface area (Å²) in [7, 11) is 1.59. The highest BCUT2D eigenvalue weighted by Gasteiger charge is 2.07. The zero-order valence-corrected chi connectivity index (χ0v) is 11.3. The molecule has 0 aliphatic heterocycles. The third-order valence-electron chi connectivity index (χ3n) is 1.98. The standard InChI is InChI=1S/C12H16ClNO2S/c1-16-8-10(13)7-14-12(15)9-17-11-5-3-2-4-6-11/h2-6,10H,7-9H2,1H3,(H,14,15). The van der Waals surface area contributed by atoms with Gasteiger partial charge in [0.2, 0.25) is 5.91 Å². The molecule has 0 fully saturated rings. The zero-order valence-electron chi connectivity index (χ0n) is 9.69. The number of halogens is 1. The Balaban J connectivity index is 2.17. The number of carbonyl (C=O) groups excluding carboxylic acids is 1. The first kappa shape index (κ1) is 14.4. The lowest BCUT2D eigenvalue weighted by molar-refractivity contribution is -0.118. The van der Waals surface area contributed by atoms with Gasteiger partial charge in [0.1, 0.15) is 0 Å². The minimum atomic E-state index is -0.175. The molecule has 1 N–H and O–H groups in total. The maximum absolute atomic E-state index is 11.5. The van der Waals surface area contributed by atoms with Crippen LogP contribution in [0.25, 0.3) is 0 Å². The molecule has 3 nitrogen and oxygen atoms in total. The molecule has 0 bridgehead atoms. The van der Waals surface area contributed by atoms with Crippen LogP contribution in [0, 0.1) is 0 Å². The largest absolute Gasteiger partial charge is 0.383 e. The number of alkyl halides is 1. The number of methoxy groups -OCH3 is 1. The molecular weight excluding hydrogens is 258 g/mol. The molecule has 0 saturated carbocycles. The lowest BCUT2D eigenvalue weighted by Crippen LogP contribution is -2.32. The Morgan fingerprint density at radius 2 is 2.18 bits per heavy atom. The molecule has 0 aliphatic rings. The summed E-state index contributed by atoms with van der Waals surface area (Å²) >= 11 is 7.40. The summed E-state index contributed by atoms with van der Waals surface area (Å²) in [5.74, 6) is 0.390. The number of amides is 1. The monoisotopic (exact) mass is 273 g/mol. The highest BCUT2D eigenvalue weighted by Crippen LogP contribution is 2.16. The summed E-state index contributed by atoms with van der Waals surface area (Å²) in [5.41, 5.74) is 0. The number of benzene rings is 1. The van der Waals surface area contributed by atoms with Crippen molar-refractivity contribution in [3.05, 3.63) is 30.3 Å². The van der Waals surface area contributed by atoms with Gasteiger partial charge in [-0.3, -0.25) is 4.79 Å². The Morgan fingerprint density at radius 3 is 2.82 bits per heavy atom. The molecule has 0 radical (unpaired) electrons. The van der Waals surface area contributed by atoms with Crippen molar-refractivity contribution in [3.63, 3.8) is 0 Å². The van der Waals surface area contributed by atoms with E-state index in [2.05, 4.69) is 5.32 Å². The van der Waals surface area contributed by atoms with E-state index in [1.54, 1.807) is 7.11 Å². The van der Waals surface area contributed by atoms with Crippen LogP contribution in [0.4, 0.5) is 0 Å². The van der Waals surface area contributed by atoms with Gasteiger partial charge in [0, 0.05) is 18.6 Å². The van der Waals surface area contributed by atoms with Crippen LogP contribution >= 0.6 is 23.4 Å². The number of ether oxygens (including phenoxy) is 1. The van der Waals surface area contributed by atoms with Crippen molar-refractivity contribution in [1.29, 1.82) is 0 Å². The van der Waals surface area contributed by atoms with E-state index < -0.39 is 0 Å². The van der Waals surface area contributed by atoms with E-state index in [9.17, 15) is 4.79 Å². The molecule has 0 heterocycles. The fourth-order valence-corrected chi connectivity index (χ4v) is 2.13. The number of carbonyl (C=O) groups is 1. The van der Waals surface area contributed by atoms with E-state index in [1.165, 1.54) is 11.8 Å². The van der Waals surface area contributed by atoms with Crippen molar-refractivity contribution in [2.45, 2.75) is 10.3 Å². The SMILES string of the molecule is COCC(Cl)CNC(=O)CSc1ccccc1. The minimum Gasteiger partial charge on any atom is -0.383 e. The second-order valence-corrected chi connectivity index (χ2v) is 5.12. The molecule has 0 spiro atoms. The smallest absolute Gasteiger partial charge is 0.230 e. The Kier molecular flexibility index (Phi) is 7.08. The Morgan fingerprint density at radius 1 is 1.47 bits per heavy atom. The Labute approximate surface area is 111 Å². The highest BCUT2D eigenvalue weighted by molar-refractivity contribution is 8.00. The van der Waals surface area contributed by atoms with Gasteiger partial charge >= 0.3 is 0 Å². The third kappa shape index (κ3) is 6.56. The molecule has 0 aromatic heterocycles. The van der Waals surface area contributed by atoms with E-state index in [4.69, 9.17) is 16.3 Å². The molecule has 1 atom stereocenters. The maximum Gasteiger partial charge on any atom is 0.230 e. The van der Waals surface area contributed by atoms with Crippen LogP contribution in [0.2, 0.25) is 0 Å². The average molecular weight is 274 g/mol. The molecule has 1 unspecified atom stereocenters. The van der Waals surface area contributed by atoms with E-state index >= 15 is 0 Å². The van der Waals surface area contributed by atoms with Crippen molar-refractivity contribution in [2.24, 2.45) is 0 Å². The lowest BCUT2D eigenvalue weighted by atomic mass is 10.4. The van der Waals surface area contributed by atoms with E-state index in [-0.39, 0.29) is 11.3 Å². The van der Waals surface area contributed by atoms with Crippen molar-refractivity contribution in [1.82, 2.24) is 5.32 Å². The summed E-state index contributed by atoms with van der Waals surface area (Å²) in [4.78, 5) is 12.6. The molecule has 1 aromatic rings. The first-order valence-corrected chi connectivity index (χ1v) is 6.72. The second kappa shape index (κ2) is 8.39. The minimum absolute atomic E-state index is 0.0133. The van der Waals surface area contributed by atoms with Crippen LogP contribution in [0.5, 0.6) is 0 Å². The quantitative estimate of drug-likeness (QED) is 0.611. The van der Waals surface area contributed by atoms with Crippen LogP contribution in [0.1, 0.15) is 0 Å². The van der Waals surface area contributed by atoms with Crippen LogP contribution in [0.15, 0.2) is 35.2 Å². The molecule has 0 saturated heterocycles. The fourth-order valence-electron chi connectivity index (χ4n) is 1.18. The highest BCUT2D eigenvalue weighted by atomic mass is 35.5. The van der Waals surface area contributed by atoms with Gasteiger partial charge in [-0.2, -0.15) is 0 Å². The number of nitrogens with one attached hydrogen (secondary N) is 1. The molecule has 94 valence electrons. The number of rotatable bonds is 7. The van der Waals surface area contributed by atoms with Gasteiger partial charge in [0.15, 0.2) is 0 Å². The number of thioether (sulfide) groups is 1. The normalized spacial score (nSPS) is 12.1. The van der Waals surface area contributed by atoms with Crippen molar-refractivity contribution in [3.8, 4) is 0 Å². The topological polar surface area (TPSA) is 38.3 Å². The van der Waals surface area contributed by atoms with Gasteiger partial charge in [-0.15, -0.1) is 23.4 Å². The summed E-state index contributed by atoms with van der Waals surface area (Å²) in [6.07, 6.45) is 0. The van der Waals surface area contributed by atoms with Gasteiger partial charge < -0.3 is 10.1 Å². The van der Waals surface area contributed by atoms with E-state index in [1.807, 2.05) is 30.3 Å². The maximum atomic E-state index is 11.5. The summed E-state index contributed by atoms with van der Waals surface area (Å²) in [6.45, 7) is 0.872. The van der Waals surface area contributed by atoms with Crippen LogP contribution < -0.4 is 5.32 Å². The predicted molar refractivity (Wildman–Crippen MR) is 71.7 cm³/mol. The Hall–Kier alpha value is -0.710. The molecule has 0 aliphatic carbocycles. The Bertz CT molecular complexity index is 335. The summed E-state index contributed by atoms with van der Waals surface area (Å²) < 4.78 is 4.88. The number of hydrogen-bond donors (Lipinski definition) is 1. The first-order valence-electron chi connectivity index (χ1n) is 5.30. The number of hydrogen-bond acceptors (Lipinski definition) is 3. The third-order valence-corrected chi connectivity index (χ3v) is 3.27. The van der Waals surface area contributed by atoms with Gasteiger partial charge in [-0.05, 0) is 12.1 Å². The molecular formula is C12H16ClNO2S. The zero-order chi connectivity index (χ0) is 12.5. The first-order chi connectivity index (χ1) is 8.22.